The van der Waals surface area contributed by atoms with Gasteiger partial charge in [-0.25, -0.2) is 4.98 Å². The summed E-state index contributed by atoms with van der Waals surface area (Å²) < 4.78 is 0. The van der Waals surface area contributed by atoms with Crippen LogP contribution in [0.5, 0.6) is 0 Å². The molecule has 3 aromatic carbocycles. The van der Waals surface area contributed by atoms with Crippen LogP contribution in [0.1, 0.15) is 48.0 Å². The summed E-state index contributed by atoms with van der Waals surface area (Å²) in [6.07, 6.45) is 0.672. The fourth-order valence-corrected chi connectivity index (χ4v) is 4.82. The van der Waals surface area contributed by atoms with Crippen LogP contribution >= 0.6 is 11.3 Å². The molecule has 0 spiro atoms. The third kappa shape index (κ3) is 5.26. The van der Waals surface area contributed by atoms with E-state index in [1.54, 1.807) is 35.6 Å². The normalized spacial score (nSPS) is 10.8. The topological polar surface area (TPSA) is 59.1 Å². The van der Waals surface area contributed by atoms with Gasteiger partial charge >= 0.3 is 0 Å². The van der Waals surface area contributed by atoms with Crippen molar-refractivity contribution in [3.63, 3.8) is 0 Å². The van der Waals surface area contributed by atoms with Crippen LogP contribution in [0.25, 0.3) is 11.3 Å². The van der Waals surface area contributed by atoms with Crippen molar-refractivity contribution in [3.8, 4) is 11.3 Å². The second-order valence-electron chi connectivity index (χ2n) is 8.18. The number of rotatable bonds is 7. The van der Waals surface area contributed by atoms with Gasteiger partial charge in [0.1, 0.15) is 0 Å². The number of carbonyl (C=O) groups excluding carboxylic acids is 2. The first-order valence-corrected chi connectivity index (χ1v) is 11.8. The second kappa shape index (κ2) is 9.92. The highest BCUT2D eigenvalue weighted by atomic mass is 32.1. The van der Waals surface area contributed by atoms with Gasteiger partial charge in [-0.15, -0.1) is 11.3 Å². The smallest absolute Gasteiger partial charge is 0.251 e. The Kier molecular flexibility index (Phi) is 6.80. The van der Waals surface area contributed by atoms with E-state index in [1.165, 1.54) is 0 Å². The maximum absolute atomic E-state index is 13.0. The van der Waals surface area contributed by atoms with Crippen molar-refractivity contribution in [1.82, 2.24) is 10.3 Å². The van der Waals surface area contributed by atoms with Crippen LogP contribution in [0, 0.1) is 20.8 Å². The molecule has 0 bridgehead atoms. The van der Waals surface area contributed by atoms with Crippen LogP contribution in [0.15, 0.2) is 72.1 Å². The molecule has 0 atom stereocenters. The summed E-state index contributed by atoms with van der Waals surface area (Å²) in [4.78, 5) is 30.2. The zero-order chi connectivity index (χ0) is 23.4. The molecule has 4 aromatic rings. The van der Waals surface area contributed by atoms with Crippen LogP contribution in [0.4, 0.5) is 0 Å². The number of nitrogens with one attached hydrogen (secondary N) is 1. The van der Waals surface area contributed by atoms with Crippen molar-refractivity contribution in [3.05, 3.63) is 110 Å². The first-order chi connectivity index (χ1) is 15.9. The van der Waals surface area contributed by atoms with Gasteiger partial charge in [-0.05, 0) is 44.0 Å². The predicted octanol–water partition coefficient (Wildman–Crippen LogP) is 5.94. The Labute approximate surface area is 198 Å². The van der Waals surface area contributed by atoms with Gasteiger partial charge in [-0.3, -0.25) is 9.59 Å². The molecule has 0 aliphatic heterocycles. The molecule has 4 nitrogen and oxygen atoms in total. The van der Waals surface area contributed by atoms with Crippen LogP contribution in [0.2, 0.25) is 0 Å². The van der Waals surface area contributed by atoms with Gasteiger partial charge in [0.25, 0.3) is 5.91 Å². The molecule has 1 heterocycles. The average Bonchev–Trinajstić information content (AvgIpc) is 3.28. The lowest BCUT2D eigenvalue weighted by atomic mass is 9.93. The molecule has 0 radical (unpaired) electrons. The van der Waals surface area contributed by atoms with Crippen LogP contribution in [-0.4, -0.2) is 23.2 Å². The molecular weight excluding hydrogens is 428 g/mol. The lowest BCUT2D eigenvalue weighted by Gasteiger charge is -2.11. The average molecular weight is 455 g/mol. The lowest BCUT2D eigenvalue weighted by Crippen LogP contribution is -2.25. The zero-order valence-electron chi connectivity index (χ0n) is 19.0. The summed E-state index contributed by atoms with van der Waals surface area (Å²) >= 11 is 1.60. The monoisotopic (exact) mass is 454 g/mol. The molecule has 166 valence electrons. The summed E-state index contributed by atoms with van der Waals surface area (Å²) in [5, 5.41) is 5.97. The standard InChI is InChI=1S/C28H26N2O2S/c1-18-15-19(2)26(20(3)16-18)27(31)22-9-11-23(12-10-22)28(32)29-14-13-25-30-24(17-33-25)21-7-5-4-6-8-21/h4-12,15-17H,13-14H2,1-3H3,(H,29,32). The molecule has 0 saturated carbocycles. The van der Waals surface area contributed by atoms with Crippen LogP contribution < -0.4 is 5.32 Å². The minimum absolute atomic E-state index is 0.0186. The number of carbonyl (C=O) groups is 2. The largest absolute Gasteiger partial charge is 0.352 e. The Morgan fingerprint density at radius 1 is 0.879 bits per heavy atom. The Balaban J connectivity index is 1.35. The van der Waals surface area contributed by atoms with Gasteiger partial charge in [0, 0.05) is 40.6 Å². The van der Waals surface area contributed by atoms with Gasteiger partial charge in [0.05, 0.1) is 10.7 Å². The maximum Gasteiger partial charge on any atom is 0.251 e. The molecule has 1 N–H and O–H groups in total. The molecule has 0 aliphatic rings. The highest BCUT2D eigenvalue weighted by Gasteiger charge is 2.16. The van der Waals surface area contributed by atoms with Crippen molar-refractivity contribution >= 4 is 23.0 Å². The highest BCUT2D eigenvalue weighted by Crippen LogP contribution is 2.22. The number of ketones is 1. The molecular formula is C28H26N2O2S. The van der Waals surface area contributed by atoms with E-state index >= 15 is 0 Å². The predicted molar refractivity (Wildman–Crippen MR) is 134 cm³/mol. The molecule has 0 aliphatic carbocycles. The number of aryl methyl sites for hydroxylation is 3. The fraction of sp³-hybridized carbons (Fsp3) is 0.179. The van der Waals surface area contributed by atoms with E-state index in [0.717, 1.165) is 38.5 Å². The first kappa shape index (κ1) is 22.6. The van der Waals surface area contributed by atoms with E-state index in [2.05, 4.69) is 10.3 Å². The Morgan fingerprint density at radius 3 is 2.18 bits per heavy atom. The summed E-state index contributed by atoms with van der Waals surface area (Å²) in [5.41, 5.74) is 6.98. The van der Waals surface area contributed by atoms with Crippen LogP contribution in [0.3, 0.4) is 0 Å². The summed E-state index contributed by atoms with van der Waals surface area (Å²) in [6.45, 7) is 6.45. The quantitative estimate of drug-likeness (QED) is 0.352. The molecule has 1 amide bonds. The second-order valence-corrected chi connectivity index (χ2v) is 9.12. The summed E-state index contributed by atoms with van der Waals surface area (Å²) in [6, 6.07) is 21.0. The Hall–Kier alpha value is -3.57. The van der Waals surface area contributed by atoms with E-state index in [0.29, 0.717) is 24.1 Å². The number of amides is 1. The molecule has 0 saturated heterocycles. The first-order valence-electron chi connectivity index (χ1n) is 10.9. The van der Waals surface area contributed by atoms with E-state index in [9.17, 15) is 9.59 Å². The van der Waals surface area contributed by atoms with Gasteiger partial charge in [-0.1, -0.05) is 60.2 Å². The molecule has 1 aromatic heterocycles. The van der Waals surface area contributed by atoms with Crippen molar-refractivity contribution in [1.29, 1.82) is 0 Å². The van der Waals surface area contributed by atoms with E-state index in [1.807, 2.05) is 68.6 Å². The minimum atomic E-state index is -0.156. The molecule has 0 fully saturated rings. The SMILES string of the molecule is Cc1cc(C)c(C(=O)c2ccc(C(=O)NCCc3nc(-c4ccccc4)cs3)cc2)c(C)c1. The van der Waals surface area contributed by atoms with Crippen molar-refractivity contribution < 1.29 is 9.59 Å². The van der Waals surface area contributed by atoms with Gasteiger partial charge in [-0.2, -0.15) is 0 Å². The van der Waals surface area contributed by atoms with Crippen LogP contribution in [-0.2, 0) is 6.42 Å². The number of thiazole rings is 1. The van der Waals surface area contributed by atoms with Crippen molar-refractivity contribution in [2.24, 2.45) is 0 Å². The van der Waals surface area contributed by atoms with E-state index in [-0.39, 0.29) is 11.7 Å². The number of hydrogen-bond donors (Lipinski definition) is 1. The van der Waals surface area contributed by atoms with Gasteiger partial charge < -0.3 is 5.32 Å². The van der Waals surface area contributed by atoms with E-state index < -0.39 is 0 Å². The van der Waals surface area contributed by atoms with Gasteiger partial charge in [0.2, 0.25) is 0 Å². The van der Waals surface area contributed by atoms with Crippen molar-refractivity contribution in [2.45, 2.75) is 27.2 Å². The number of nitrogens with zero attached hydrogens (tertiary/aromatic N) is 1. The molecule has 33 heavy (non-hydrogen) atoms. The molecule has 4 rings (SSSR count). The molecule has 5 heteroatoms. The Bertz CT molecular complexity index is 1270. The summed E-state index contributed by atoms with van der Waals surface area (Å²) in [7, 11) is 0. The zero-order valence-corrected chi connectivity index (χ0v) is 19.8. The van der Waals surface area contributed by atoms with Gasteiger partial charge in [0.15, 0.2) is 5.78 Å². The highest BCUT2D eigenvalue weighted by molar-refractivity contribution is 7.09. The third-order valence-corrected chi connectivity index (χ3v) is 6.47. The van der Waals surface area contributed by atoms with Crippen molar-refractivity contribution in [2.75, 3.05) is 6.54 Å². The fourth-order valence-electron chi connectivity index (χ4n) is 4.01. The Morgan fingerprint density at radius 2 is 1.52 bits per heavy atom. The maximum atomic E-state index is 13.0. The number of benzene rings is 3. The summed E-state index contributed by atoms with van der Waals surface area (Å²) in [5.74, 6) is -0.175. The minimum Gasteiger partial charge on any atom is -0.352 e. The lowest BCUT2D eigenvalue weighted by molar-refractivity contribution is 0.0952. The van der Waals surface area contributed by atoms with E-state index in [4.69, 9.17) is 0 Å². The number of aromatic nitrogens is 1. The molecule has 0 unspecified atom stereocenters. The number of hydrogen-bond acceptors (Lipinski definition) is 4. The third-order valence-electron chi connectivity index (χ3n) is 5.56.